The summed E-state index contributed by atoms with van der Waals surface area (Å²) in [6.07, 6.45) is 4.16. The van der Waals surface area contributed by atoms with E-state index in [1.165, 1.54) is 16.9 Å². The highest BCUT2D eigenvalue weighted by molar-refractivity contribution is 7.19. The van der Waals surface area contributed by atoms with Crippen molar-refractivity contribution in [2.45, 2.75) is 25.8 Å². The van der Waals surface area contributed by atoms with Gasteiger partial charge in [-0.3, -0.25) is 9.69 Å². The second-order valence-corrected chi connectivity index (χ2v) is 8.25. The molecule has 3 heterocycles. The van der Waals surface area contributed by atoms with Gasteiger partial charge in [0.25, 0.3) is 0 Å². The van der Waals surface area contributed by atoms with Crippen LogP contribution in [0.15, 0.2) is 24.3 Å². The van der Waals surface area contributed by atoms with Gasteiger partial charge in [-0.25, -0.2) is 4.98 Å². The molecule has 2 aromatic heterocycles. The first-order chi connectivity index (χ1) is 13.8. The lowest BCUT2D eigenvalue weighted by molar-refractivity contribution is 0.0330. The second kappa shape index (κ2) is 7.58. The highest BCUT2D eigenvalue weighted by atomic mass is 32.1. The Hall–Kier alpha value is -2.35. The maximum atomic E-state index is 11.1. The van der Waals surface area contributed by atoms with Crippen LogP contribution in [0.5, 0.6) is 11.6 Å². The van der Waals surface area contributed by atoms with E-state index in [0.29, 0.717) is 23.7 Å². The smallest absolute Gasteiger partial charge is 0.231 e. The highest BCUT2D eigenvalue weighted by Crippen LogP contribution is 2.41. The van der Waals surface area contributed by atoms with Crippen LogP contribution in [0.25, 0.3) is 10.2 Å². The van der Waals surface area contributed by atoms with Gasteiger partial charge in [0, 0.05) is 23.5 Å². The van der Waals surface area contributed by atoms with Crippen molar-refractivity contribution in [3.63, 3.8) is 0 Å². The number of aldehydes is 1. The van der Waals surface area contributed by atoms with Gasteiger partial charge in [0.2, 0.25) is 5.88 Å². The summed E-state index contributed by atoms with van der Waals surface area (Å²) in [5.41, 5.74) is 1.92. The van der Waals surface area contributed by atoms with Crippen LogP contribution in [0.3, 0.4) is 0 Å². The summed E-state index contributed by atoms with van der Waals surface area (Å²) in [7, 11) is 0. The van der Waals surface area contributed by atoms with E-state index >= 15 is 0 Å². The van der Waals surface area contributed by atoms with Crippen molar-refractivity contribution in [2.24, 2.45) is 0 Å². The number of hydrogen-bond donors (Lipinski definition) is 0. The number of rotatable bonds is 5. The fourth-order valence-corrected chi connectivity index (χ4v) is 5.14. The standard InChI is InChI=1S/C21H21N3O3S/c25-13-14-3-1-4-15(11-14)27-20-19-16-5-2-6-17(16)28-21(19)23-18(22-20)12-24-7-9-26-10-8-24/h1,3-4,11,13H,2,5-10,12H2. The van der Waals surface area contributed by atoms with Crippen LogP contribution in [0.2, 0.25) is 0 Å². The van der Waals surface area contributed by atoms with Gasteiger partial charge in [-0.15, -0.1) is 11.3 Å². The molecule has 2 aliphatic rings. The van der Waals surface area contributed by atoms with Crippen molar-refractivity contribution in [1.82, 2.24) is 14.9 Å². The maximum Gasteiger partial charge on any atom is 0.231 e. The molecular weight excluding hydrogens is 374 g/mol. The zero-order valence-electron chi connectivity index (χ0n) is 15.5. The summed E-state index contributed by atoms with van der Waals surface area (Å²) in [4.78, 5) is 25.5. The minimum Gasteiger partial charge on any atom is -0.438 e. The Kier molecular flexibility index (Phi) is 4.80. The van der Waals surface area contributed by atoms with Crippen molar-refractivity contribution < 1.29 is 14.3 Å². The lowest BCUT2D eigenvalue weighted by Crippen LogP contribution is -2.36. The van der Waals surface area contributed by atoms with E-state index in [0.717, 1.165) is 61.5 Å². The first kappa shape index (κ1) is 17.7. The number of morpholine rings is 1. The molecule has 1 aromatic carbocycles. The number of hydrogen-bond acceptors (Lipinski definition) is 7. The number of thiophene rings is 1. The fraction of sp³-hybridized carbons (Fsp3) is 0.381. The number of carbonyl (C=O) groups excluding carboxylic acids is 1. The van der Waals surface area contributed by atoms with Crippen LogP contribution in [-0.4, -0.2) is 47.5 Å². The summed E-state index contributed by atoms with van der Waals surface area (Å²) in [6, 6.07) is 7.19. The van der Waals surface area contributed by atoms with Gasteiger partial charge < -0.3 is 9.47 Å². The molecule has 0 spiro atoms. The molecule has 6 nitrogen and oxygen atoms in total. The van der Waals surface area contributed by atoms with Crippen molar-refractivity contribution in [1.29, 1.82) is 0 Å². The van der Waals surface area contributed by atoms with E-state index in [1.54, 1.807) is 23.5 Å². The number of fused-ring (bicyclic) bond motifs is 3. The predicted octanol–water partition coefficient (Wildman–Crippen LogP) is 3.62. The summed E-state index contributed by atoms with van der Waals surface area (Å²) in [5, 5.41) is 1.04. The van der Waals surface area contributed by atoms with Gasteiger partial charge in [-0.05, 0) is 37.0 Å². The molecule has 1 saturated heterocycles. The predicted molar refractivity (Wildman–Crippen MR) is 107 cm³/mol. The van der Waals surface area contributed by atoms with Crippen LogP contribution in [-0.2, 0) is 24.1 Å². The van der Waals surface area contributed by atoms with Crippen LogP contribution in [0.1, 0.15) is 33.0 Å². The molecule has 7 heteroatoms. The molecule has 0 bridgehead atoms. The number of nitrogens with zero attached hydrogens (tertiary/aromatic N) is 3. The van der Waals surface area contributed by atoms with Crippen LogP contribution in [0, 0.1) is 0 Å². The molecule has 0 amide bonds. The third-order valence-electron chi connectivity index (χ3n) is 5.26. The molecule has 144 valence electrons. The van der Waals surface area contributed by atoms with E-state index in [2.05, 4.69) is 4.90 Å². The van der Waals surface area contributed by atoms with E-state index < -0.39 is 0 Å². The quantitative estimate of drug-likeness (QED) is 0.615. The first-order valence-electron chi connectivity index (χ1n) is 9.64. The fourth-order valence-electron chi connectivity index (χ4n) is 3.87. The Bertz CT molecular complexity index is 1030. The van der Waals surface area contributed by atoms with Crippen molar-refractivity contribution >= 4 is 27.8 Å². The van der Waals surface area contributed by atoms with Gasteiger partial charge in [0.1, 0.15) is 22.7 Å². The Morgan fingerprint density at radius 2 is 2.11 bits per heavy atom. The molecule has 5 rings (SSSR count). The van der Waals surface area contributed by atoms with E-state index in [4.69, 9.17) is 19.4 Å². The molecule has 1 aliphatic carbocycles. The van der Waals surface area contributed by atoms with E-state index in [1.807, 2.05) is 12.1 Å². The summed E-state index contributed by atoms with van der Waals surface area (Å²) in [6.45, 7) is 3.96. The number of aromatic nitrogens is 2. The average molecular weight is 395 g/mol. The Balaban J connectivity index is 1.54. The Morgan fingerprint density at radius 3 is 2.96 bits per heavy atom. The molecule has 0 unspecified atom stereocenters. The number of carbonyl (C=O) groups is 1. The minimum absolute atomic E-state index is 0.590. The van der Waals surface area contributed by atoms with Crippen molar-refractivity contribution in [3.8, 4) is 11.6 Å². The molecule has 1 aliphatic heterocycles. The molecule has 0 atom stereocenters. The lowest BCUT2D eigenvalue weighted by atomic mass is 10.2. The third kappa shape index (κ3) is 3.41. The van der Waals surface area contributed by atoms with Gasteiger partial charge in [0.15, 0.2) is 0 Å². The van der Waals surface area contributed by atoms with Crippen LogP contribution < -0.4 is 4.74 Å². The highest BCUT2D eigenvalue weighted by Gasteiger charge is 2.24. The van der Waals surface area contributed by atoms with Crippen molar-refractivity contribution in [3.05, 3.63) is 46.1 Å². The molecule has 28 heavy (non-hydrogen) atoms. The van der Waals surface area contributed by atoms with Crippen molar-refractivity contribution in [2.75, 3.05) is 26.3 Å². The van der Waals surface area contributed by atoms with Gasteiger partial charge >= 0.3 is 0 Å². The van der Waals surface area contributed by atoms with Crippen LogP contribution >= 0.6 is 11.3 Å². The second-order valence-electron chi connectivity index (χ2n) is 7.16. The number of ether oxygens (including phenoxy) is 2. The normalized spacial score (nSPS) is 17.0. The number of benzene rings is 1. The largest absolute Gasteiger partial charge is 0.438 e. The van der Waals surface area contributed by atoms with Gasteiger partial charge in [0.05, 0.1) is 25.1 Å². The molecule has 0 saturated carbocycles. The molecule has 0 N–H and O–H groups in total. The SMILES string of the molecule is O=Cc1cccc(Oc2nc(CN3CCOCC3)nc3sc4c(c23)CCC4)c1. The topological polar surface area (TPSA) is 64.5 Å². The Morgan fingerprint density at radius 1 is 1.21 bits per heavy atom. The zero-order chi connectivity index (χ0) is 18.9. The van der Waals surface area contributed by atoms with E-state index in [9.17, 15) is 4.79 Å². The monoisotopic (exact) mass is 395 g/mol. The lowest BCUT2D eigenvalue weighted by Gasteiger charge is -2.25. The molecule has 3 aromatic rings. The first-order valence-corrected chi connectivity index (χ1v) is 10.5. The maximum absolute atomic E-state index is 11.1. The van der Waals surface area contributed by atoms with E-state index in [-0.39, 0.29) is 0 Å². The minimum atomic E-state index is 0.590. The molecule has 0 radical (unpaired) electrons. The Labute approximate surface area is 167 Å². The van der Waals surface area contributed by atoms with Gasteiger partial charge in [-0.1, -0.05) is 12.1 Å². The third-order valence-corrected chi connectivity index (χ3v) is 6.44. The summed E-state index contributed by atoms with van der Waals surface area (Å²) in [5.74, 6) is 2.01. The summed E-state index contributed by atoms with van der Waals surface area (Å²) < 4.78 is 11.6. The average Bonchev–Trinajstić information content (AvgIpc) is 3.30. The zero-order valence-corrected chi connectivity index (χ0v) is 16.3. The molecular formula is C21H21N3O3S. The summed E-state index contributed by atoms with van der Waals surface area (Å²) >= 11 is 1.76. The number of aryl methyl sites for hydroxylation is 2. The van der Waals surface area contributed by atoms with Gasteiger partial charge in [-0.2, -0.15) is 4.98 Å². The van der Waals surface area contributed by atoms with Crippen LogP contribution in [0.4, 0.5) is 0 Å². The molecule has 1 fully saturated rings.